The van der Waals surface area contributed by atoms with Crippen LogP contribution in [0.1, 0.15) is 70.3 Å². The molecule has 162 valence electrons. The summed E-state index contributed by atoms with van der Waals surface area (Å²) in [6, 6.07) is 3.63. The number of aryl methyl sites for hydroxylation is 2. The Balaban J connectivity index is 1.81. The van der Waals surface area contributed by atoms with Gasteiger partial charge in [-0.3, -0.25) is 9.59 Å². The number of hydrogen-bond acceptors (Lipinski definition) is 5. The smallest absolute Gasteiger partial charge is 0.342 e. The van der Waals surface area contributed by atoms with Gasteiger partial charge in [-0.2, -0.15) is 0 Å². The first-order valence-corrected chi connectivity index (χ1v) is 10.6. The lowest BCUT2D eigenvalue weighted by molar-refractivity contribution is -0.137. The average Bonchev–Trinajstić information content (AvgIpc) is 3.25. The lowest BCUT2D eigenvalue weighted by Gasteiger charge is -2.10. The molecule has 0 spiro atoms. The molecule has 2 aliphatic rings. The van der Waals surface area contributed by atoms with Crippen molar-refractivity contribution < 1.29 is 28.6 Å². The van der Waals surface area contributed by atoms with Gasteiger partial charge in [-0.05, 0) is 62.8 Å². The Morgan fingerprint density at radius 2 is 2.03 bits per heavy atom. The third-order valence-electron chi connectivity index (χ3n) is 5.90. The van der Waals surface area contributed by atoms with E-state index in [-0.39, 0.29) is 18.9 Å². The third-order valence-corrected chi connectivity index (χ3v) is 5.90. The number of furan rings is 1. The number of carbonyl (C=O) groups excluding carboxylic acids is 2. The molecular formula is C24H25NO6. The van der Waals surface area contributed by atoms with Gasteiger partial charge >= 0.3 is 11.9 Å². The number of hydrogen-bond donors (Lipinski definition) is 2. The molecule has 4 rings (SSSR count). The van der Waals surface area contributed by atoms with Crippen LogP contribution in [0.5, 0.6) is 0 Å². The molecular weight excluding hydrogens is 398 g/mol. The van der Waals surface area contributed by atoms with Crippen molar-refractivity contribution in [3.8, 4) is 0 Å². The molecule has 0 saturated carbocycles. The summed E-state index contributed by atoms with van der Waals surface area (Å²) in [6.07, 6.45) is 5.48. The van der Waals surface area contributed by atoms with Gasteiger partial charge in [0, 0.05) is 29.7 Å². The number of carboxylic acid groups (broad SMARTS) is 1. The second-order valence-electron chi connectivity index (χ2n) is 7.85. The normalized spacial score (nSPS) is 16.1. The van der Waals surface area contributed by atoms with E-state index in [1.165, 1.54) is 0 Å². The molecule has 0 fully saturated rings. The van der Waals surface area contributed by atoms with Crippen LogP contribution in [0.25, 0.3) is 11.6 Å². The fraction of sp³-hybridized carbons (Fsp3) is 0.375. The molecule has 1 aromatic heterocycles. The predicted octanol–water partition coefficient (Wildman–Crippen LogP) is 4.15. The number of aliphatic carboxylic acids is 1. The maximum absolute atomic E-state index is 12.8. The highest BCUT2D eigenvalue weighted by atomic mass is 16.5. The highest BCUT2D eigenvalue weighted by Gasteiger charge is 2.31. The van der Waals surface area contributed by atoms with Crippen LogP contribution >= 0.6 is 0 Å². The van der Waals surface area contributed by atoms with Crippen molar-refractivity contribution in [2.45, 2.75) is 52.4 Å². The van der Waals surface area contributed by atoms with Gasteiger partial charge in [-0.1, -0.05) is 6.07 Å². The molecule has 0 unspecified atom stereocenters. The van der Waals surface area contributed by atoms with Gasteiger partial charge in [0.05, 0.1) is 12.2 Å². The number of amides is 1. The average molecular weight is 423 g/mol. The number of ether oxygens (including phenoxy) is 1. The van der Waals surface area contributed by atoms with Gasteiger partial charge in [0.2, 0.25) is 0 Å². The highest BCUT2D eigenvalue weighted by Crippen LogP contribution is 2.39. The summed E-state index contributed by atoms with van der Waals surface area (Å²) in [6.45, 7) is 3.89. The van der Waals surface area contributed by atoms with Crippen LogP contribution in [0.3, 0.4) is 0 Å². The Bertz CT molecular complexity index is 1110. The summed E-state index contributed by atoms with van der Waals surface area (Å²) >= 11 is 0. The maximum atomic E-state index is 12.8. The third kappa shape index (κ3) is 3.87. The Morgan fingerprint density at radius 1 is 1.26 bits per heavy atom. The molecule has 31 heavy (non-hydrogen) atoms. The van der Waals surface area contributed by atoms with Crippen LogP contribution in [0.15, 0.2) is 16.5 Å². The van der Waals surface area contributed by atoms with Crippen molar-refractivity contribution >= 4 is 35.2 Å². The first kappa shape index (κ1) is 20.9. The van der Waals surface area contributed by atoms with Crippen molar-refractivity contribution in [3.05, 3.63) is 51.5 Å². The number of fused-ring (bicyclic) bond motifs is 2. The van der Waals surface area contributed by atoms with Crippen LogP contribution in [0.4, 0.5) is 5.69 Å². The Labute approximate surface area is 180 Å². The molecule has 2 aromatic rings. The summed E-state index contributed by atoms with van der Waals surface area (Å²) in [5, 5.41) is 11.9. The Kier molecular flexibility index (Phi) is 5.67. The summed E-state index contributed by atoms with van der Waals surface area (Å²) in [5.41, 5.74) is 4.79. The van der Waals surface area contributed by atoms with Crippen LogP contribution in [0.2, 0.25) is 0 Å². The lowest BCUT2D eigenvalue weighted by atomic mass is 9.92. The van der Waals surface area contributed by atoms with Crippen LogP contribution < -0.4 is 5.32 Å². The molecule has 1 aliphatic carbocycles. The number of rotatable bonds is 6. The lowest BCUT2D eigenvalue weighted by Crippen LogP contribution is -2.10. The zero-order valence-corrected chi connectivity index (χ0v) is 17.7. The Hall–Kier alpha value is -3.35. The Morgan fingerprint density at radius 3 is 2.77 bits per heavy atom. The van der Waals surface area contributed by atoms with Crippen LogP contribution in [0, 0.1) is 6.92 Å². The van der Waals surface area contributed by atoms with Crippen molar-refractivity contribution in [1.82, 2.24) is 0 Å². The molecule has 7 heteroatoms. The van der Waals surface area contributed by atoms with Gasteiger partial charge in [0.25, 0.3) is 5.91 Å². The minimum absolute atomic E-state index is 0.0119. The maximum Gasteiger partial charge on any atom is 0.342 e. The zero-order valence-electron chi connectivity index (χ0n) is 17.7. The second kappa shape index (κ2) is 8.41. The van der Waals surface area contributed by atoms with E-state index in [9.17, 15) is 14.4 Å². The first-order chi connectivity index (χ1) is 14.9. The molecule has 7 nitrogen and oxygen atoms in total. The predicted molar refractivity (Wildman–Crippen MR) is 115 cm³/mol. The van der Waals surface area contributed by atoms with E-state index in [1.54, 1.807) is 19.1 Å². The van der Waals surface area contributed by atoms with Crippen LogP contribution in [-0.4, -0.2) is 29.6 Å². The largest absolute Gasteiger partial charge is 0.481 e. The topological polar surface area (TPSA) is 106 Å². The van der Waals surface area contributed by atoms with E-state index in [0.717, 1.165) is 53.7 Å². The summed E-state index contributed by atoms with van der Waals surface area (Å²) < 4.78 is 11.3. The number of nitrogens with one attached hydrogen (secondary N) is 1. The van der Waals surface area contributed by atoms with Gasteiger partial charge in [0.1, 0.15) is 17.1 Å². The standard InChI is InChI=1S/C24H25NO6/c1-3-30-24(29)22-15-6-4-5-7-18(15)31-19(22)12-16-21-13(2)14(9-11-20(26)27)8-10-17(21)25-23(16)28/h8,10,12H,3-7,9,11H2,1-2H3,(H,25,28)(H,26,27). The molecule has 1 aliphatic heterocycles. The fourth-order valence-electron chi connectivity index (χ4n) is 4.41. The minimum Gasteiger partial charge on any atom is -0.481 e. The number of carboxylic acids is 1. The monoisotopic (exact) mass is 423 g/mol. The van der Waals surface area contributed by atoms with Gasteiger partial charge < -0.3 is 19.6 Å². The van der Waals surface area contributed by atoms with Crippen molar-refractivity contribution in [3.63, 3.8) is 0 Å². The zero-order chi connectivity index (χ0) is 22.1. The van der Waals surface area contributed by atoms with E-state index in [1.807, 2.05) is 13.0 Å². The van der Waals surface area contributed by atoms with E-state index < -0.39 is 11.9 Å². The SMILES string of the molecule is CCOC(=O)c1c(C=C2C(=O)Nc3ccc(CCC(=O)O)c(C)c32)oc2c1CCCC2. The molecule has 0 radical (unpaired) electrons. The fourth-order valence-corrected chi connectivity index (χ4v) is 4.41. The molecule has 2 N–H and O–H groups in total. The first-order valence-electron chi connectivity index (χ1n) is 10.6. The van der Waals surface area contributed by atoms with Crippen LogP contribution in [-0.2, 0) is 33.6 Å². The van der Waals surface area contributed by atoms with Gasteiger partial charge in [-0.15, -0.1) is 0 Å². The number of esters is 1. The van der Waals surface area contributed by atoms with E-state index in [2.05, 4.69) is 5.32 Å². The van der Waals surface area contributed by atoms with E-state index in [0.29, 0.717) is 29.0 Å². The minimum atomic E-state index is -0.870. The van der Waals surface area contributed by atoms with E-state index >= 15 is 0 Å². The molecule has 0 saturated heterocycles. The summed E-state index contributed by atoms with van der Waals surface area (Å²) in [4.78, 5) is 36.5. The molecule has 0 atom stereocenters. The number of benzene rings is 1. The van der Waals surface area contributed by atoms with Crippen molar-refractivity contribution in [2.24, 2.45) is 0 Å². The summed E-state index contributed by atoms with van der Waals surface area (Å²) in [5.74, 6) is -0.458. The second-order valence-corrected chi connectivity index (χ2v) is 7.85. The van der Waals surface area contributed by atoms with E-state index in [4.69, 9.17) is 14.3 Å². The molecule has 1 aromatic carbocycles. The van der Waals surface area contributed by atoms with Crippen molar-refractivity contribution in [1.29, 1.82) is 0 Å². The quantitative estimate of drug-likeness (QED) is 0.534. The highest BCUT2D eigenvalue weighted by molar-refractivity contribution is 6.35. The summed E-state index contributed by atoms with van der Waals surface area (Å²) in [7, 11) is 0. The molecule has 2 heterocycles. The number of anilines is 1. The number of carbonyl (C=O) groups is 3. The van der Waals surface area contributed by atoms with Gasteiger partial charge in [-0.25, -0.2) is 4.79 Å². The van der Waals surface area contributed by atoms with Crippen molar-refractivity contribution in [2.75, 3.05) is 11.9 Å². The molecule has 1 amide bonds. The molecule has 0 bridgehead atoms. The van der Waals surface area contributed by atoms with Gasteiger partial charge in [0.15, 0.2) is 0 Å².